The Bertz CT molecular complexity index is 556. The molecule has 0 saturated heterocycles. The number of rotatable bonds is 2. The second kappa shape index (κ2) is 2.94. The molecule has 0 radical (unpaired) electrons. The molecule has 3 aliphatic carbocycles. The summed E-state index contributed by atoms with van der Waals surface area (Å²) in [6, 6.07) is 5.93. The van der Waals surface area contributed by atoms with E-state index >= 15 is 0 Å². The standard InChI is InChI=1S/C13H13N3S/c14-13-6-12(7-13,8-13)11-16-10(5-17-11)9-3-1-2-4-15-9/h1-5H,6-8,14H2. The van der Waals surface area contributed by atoms with Crippen molar-refractivity contribution in [1.82, 2.24) is 9.97 Å². The van der Waals surface area contributed by atoms with Gasteiger partial charge in [0.2, 0.25) is 0 Å². The van der Waals surface area contributed by atoms with Crippen LogP contribution in [0.25, 0.3) is 11.4 Å². The van der Waals surface area contributed by atoms with E-state index in [0.717, 1.165) is 30.7 Å². The van der Waals surface area contributed by atoms with Gasteiger partial charge in [-0.3, -0.25) is 4.98 Å². The highest BCUT2D eigenvalue weighted by Gasteiger charge is 2.67. The van der Waals surface area contributed by atoms with Crippen molar-refractivity contribution in [3.63, 3.8) is 0 Å². The van der Waals surface area contributed by atoms with E-state index in [4.69, 9.17) is 10.7 Å². The molecule has 2 heterocycles. The van der Waals surface area contributed by atoms with Crippen LogP contribution in [0.1, 0.15) is 24.3 Å². The molecule has 3 aliphatic rings. The Morgan fingerprint density at radius 1 is 1.18 bits per heavy atom. The lowest BCUT2D eigenvalue weighted by atomic mass is 9.40. The van der Waals surface area contributed by atoms with Crippen molar-refractivity contribution >= 4 is 11.3 Å². The minimum Gasteiger partial charge on any atom is -0.325 e. The minimum absolute atomic E-state index is 0.150. The molecule has 86 valence electrons. The maximum atomic E-state index is 6.09. The lowest BCUT2D eigenvalue weighted by Crippen LogP contribution is -2.74. The smallest absolute Gasteiger partial charge is 0.0998 e. The molecule has 0 unspecified atom stereocenters. The van der Waals surface area contributed by atoms with Crippen molar-refractivity contribution in [3.8, 4) is 11.4 Å². The van der Waals surface area contributed by atoms with Crippen molar-refractivity contribution in [2.75, 3.05) is 0 Å². The monoisotopic (exact) mass is 243 g/mol. The molecular formula is C13H13N3S. The largest absolute Gasteiger partial charge is 0.325 e. The average Bonchev–Trinajstić information content (AvgIpc) is 2.74. The zero-order valence-electron chi connectivity index (χ0n) is 9.39. The van der Waals surface area contributed by atoms with Crippen LogP contribution in [-0.4, -0.2) is 15.5 Å². The van der Waals surface area contributed by atoms with Gasteiger partial charge in [-0.1, -0.05) is 6.07 Å². The molecule has 0 atom stereocenters. The normalized spacial score (nSPS) is 33.9. The number of nitrogens with zero attached hydrogens (tertiary/aromatic N) is 2. The van der Waals surface area contributed by atoms with E-state index in [2.05, 4.69) is 10.4 Å². The predicted molar refractivity (Wildman–Crippen MR) is 67.8 cm³/mol. The highest BCUT2D eigenvalue weighted by atomic mass is 32.1. The van der Waals surface area contributed by atoms with Crippen LogP contribution in [0.5, 0.6) is 0 Å². The molecule has 0 spiro atoms. The summed E-state index contributed by atoms with van der Waals surface area (Å²) in [5.74, 6) is 0. The van der Waals surface area contributed by atoms with Gasteiger partial charge in [-0.05, 0) is 31.4 Å². The van der Waals surface area contributed by atoms with Gasteiger partial charge in [0.05, 0.1) is 16.4 Å². The fraction of sp³-hybridized carbons (Fsp3) is 0.385. The number of thiazole rings is 1. The molecule has 2 aromatic rings. The lowest BCUT2D eigenvalue weighted by Gasteiger charge is -2.68. The van der Waals surface area contributed by atoms with Crippen LogP contribution in [0, 0.1) is 0 Å². The molecule has 3 fully saturated rings. The van der Waals surface area contributed by atoms with E-state index in [1.807, 2.05) is 24.4 Å². The zero-order valence-corrected chi connectivity index (χ0v) is 10.2. The summed E-state index contributed by atoms with van der Waals surface area (Å²) in [7, 11) is 0. The number of hydrogen-bond acceptors (Lipinski definition) is 4. The van der Waals surface area contributed by atoms with Crippen LogP contribution in [0.15, 0.2) is 29.8 Å². The predicted octanol–water partition coefficient (Wildman–Crippen LogP) is 2.34. The number of pyridine rings is 1. The third-order valence-corrected chi connectivity index (χ3v) is 5.05. The van der Waals surface area contributed by atoms with Gasteiger partial charge in [0.1, 0.15) is 0 Å². The van der Waals surface area contributed by atoms with E-state index < -0.39 is 0 Å². The van der Waals surface area contributed by atoms with Crippen LogP contribution in [0.4, 0.5) is 0 Å². The molecule has 2 aromatic heterocycles. The minimum atomic E-state index is 0.150. The fourth-order valence-electron chi connectivity index (χ4n) is 3.24. The van der Waals surface area contributed by atoms with Gasteiger partial charge in [0.15, 0.2) is 0 Å². The summed E-state index contributed by atoms with van der Waals surface area (Å²) in [6.45, 7) is 0. The third kappa shape index (κ3) is 1.25. The van der Waals surface area contributed by atoms with Crippen molar-refractivity contribution in [1.29, 1.82) is 0 Å². The summed E-state index contributed by atoms with van der Waals surface area (Å²) in [5, 5.41) is 3.37. The second-order valence-electron chi connectivity index (χ2n) is 5.43. The van der Waals surface area contributed by atoms with E-state index in [0.29, 0.717) is 5.41 Å². The molecule has 3 nitrogen and oxygen atoms in total. The molecule has 3 saturated carbocycles. The first kappa shape index (κ1) is 9.74. The Labute approximate surface area is 104 Å². The van der Waals surface area contributed by atoms with Gasteiger partial charge < -0.3 is 5.73 Å². The summed E-state index contributed by atoms with van der Waals surface area (Å²) in [6.07, 6.45) is 5.17. The molecule has 5 rings (SSSR count). The van der Waals surface area contributed by atoms with Gasteiger partial charge in [-0.2, -0.15) is 0 Å². The fourth-order valence-corrected chi connectivity index (χ4v) is 4.26. The summed E-state index contributed by atoms with van der Waals surface area (Å²) < 4.78 is 0. The third-order valence-electron chi connectivity index (χ3n) is 3.96. The Morgan fingerprint density at radius 2 is 2.00 bits per heavy atom. The molecule has 2 bridgehead atoms. The van der Waals surface area contributed by atoms with E-state index in [-0.39, 0.29) is 5.54 Å². The molecule has 17 heavy (non-hydrogen) atoms. The van der Waals surface area contributed by atoms with Crippen LogP contribution in [0.3, 0.4) is 0 Å². The molecule has 0 aromatic carbocycles. The van der Waals surface area contributed by atoms with E-state index in [1.165, 1.54) is 5.01 Å². The molecule has 4 heteroatoms. The maximum Gasteiger partial charge on any atom is 0.0998 e. The summed E-state index contributed by atoms with van der Waals surface area (Å²) in [5.41, 5.74) is 8.53. The molecule has 0 aliphatic heterocycles. The SMILES string of the molecule is NC12CC(c3nc(-c4ccccn4)cs3)(C1)C2. The Kier molecular flexibility index (Phi) is 1.69. The van der Waals surface area contributed by atoms with Gasteiger partial charge in [-0.15, -0.1) is 11.3 Å². The summed E-state index contributed by atoms with van der Waals surface area (Å²) >= 11 is 1.76. The van der Waals surface area contributed by atoms with Gasteiger partial charge in [0.25, 0.3) is 0 Å². The van der Waals surface area contributed by atoms with E-state index in [9.17, 15) is 0 Å². The van der Waals surface area contributed by atoms with Crippen molar-refractivity contribution in [2.45, 2.75) is 30.2 Å². The highest BCUT2D eigenvalue weighted by molar-refractivity contribution is 7.10. The first-order valence-electron chi connectivity index (χ1n) is 5.86. The average molecular weight is 243 g/mol. The zero-order chi connectivity index (χ0) is 11.5. The van der Waals surface area contributed by atoms with Crippen LogP contribution in [-0.2, 0) is 5.41 Å². The van der Waals surface area contributed by atoms with Gasteiger partial charge >= 0.3 is 0 Å². The molecular weight excluding hydrogens is 230 g/mol. The Balaban J connectivity index is 1.67. The summed E-state index contributed by atoms with van der Waals surface area (Å²) in [4.78, 5) is 9.08. The second-order valence-corrected chi connectivity index (χ2v) is 6.28. The number of nitrogens with two attached hydrogens (primary N) is 1. The molecule has 0 amide bonds. The topological polar surface area (TPSA) is 51.8 Å². The van der Waals surface area contributed by atoms with E-state index in [1.54, 1.807) is 11.3 Å². The van der Waals surface area contributed by atoms with Crippen LogP contribution >= 0.6 is 11.3 Å². The van der Waals surface area contributed by atoms with Crippen molar-refractivity contribution in [3.05, 3.63) is 34.8 Å². The quantitative estimate of drug-likeness (QED) is 0.880. The van der Waals surface area contributed by atoms with Gasteiger partial charge in [-0.25, -0.2) is 4.98 Å². The Morgan fingerprint density at radius 3 is 2.65 bits per heavy atom. The number of aromatic nitrogens is 2. The maximum absolute atomic E-state index is 6.09. The molecule has 2 N–H and O–H groups in total. The first-order chi connectivity index (χ1) is 8.19. The first-order valence-corrected chi connectivity index (χ1v) is 6.74. The van der Waals surface area contributed by atoms with Crippen molar-refractivity contribution in [2.24, 2.45) is 5.73 Å². The lowest BCUT2D eigenvalue weighted by molar-refractivity contribution is -0.0590. The Hall–Kier alpha value is -1.26. The van der Waals surface area contributed by atoms with Crippen LogP contribution in [0.2, 0.25) is 0 Å². The van der Waals surface area contributed by atoms with Crippen LogP contribution < -0.4 is 5.73 Å². The van der Waals surface area contributed by atoms with Gasteiger partial charge in [0, 0.05) is 22.5 Å². The highest BCUT2D eigenvalue weighted by Crippen LogP contribution is 2.66. The van der Waals surface area contributed by atoms with Crippen molar-refractivity contribution < 1.29 is 0 Å². The number of hydrogen-bond donors (Lipinski definition) is 1.